The molecular formula is C24H28N8O. The van der Waals surface area contributed by atoms with Gasteiger partial charge in [0.1, 0.15) is 6.34 Å². The summed E-state index contributed by atoms with van der Waals surface area (Å²) >= 11 is 0. The molecule has 1 amide bonds. The first-order chi connectivity index (χ1) is 15.6. The second-order valence-corrected chi connectivity index (χ2v) is 7.91. The highest BCUT2D eigenvalue weighted by Gasteiger charge is 2.21. The van der Waals surface area contributed by atoms with Crippen molar-refractivity contribution in [3.8, 4) is 6.07 Å². The third-order valence-corrected chi connectivity index (χ3v) is 4.97. The minimum Gasteiger partial charge on any atom is -0.396 e. The SMILES string of the molecule is Cc1ccc(NC(=O)c2cccc(C(C)(C)C#N)c2)cc1N(N)/C=C(\N)C(=N)CC=NC=N. The molecule has 170 valence electrons. The van der Waals surface area contributed by atoms with E-state index in [1.54, 1.807) is 44.2 Å². The molecule has 33 heavy (non-hydrogen) atoms. The molecule has 9 heteroatoms. The highest BCUT2D eigenvalue weighted by molar-refractivity contribution is 6.05. The van der Waals surface area contributed by atoms with E-state index in [4.69, 9.17) is 22.4 Å². The van der Waals surface area contributed by atoms with Crippen molar-refractivity contribution in [1.29, 1.82) is 16.1 Å². The number of nitrogens with two attached hydrogens (primary N) is 2. The molecule has 9 nitrogen and oxygen atoms in total. The molecule has 2 aromatic rings. The van der Waals surface area contributed by atoms with Crippen LogP contribution in [0.25, 0.3) is 0 Å². The lowest BCUT2D eigenvalue weighted by molar-refractivity contribution is 0.102. The molecular weight excluding hydrogens is 416 g/mol. The van der Waals surface area contributed by atoms with Crippen LogP contribution in [0.4, 0.5) is 11.4 Å². The van der Waals surface area contributed by atoms with E-state index in [0.717, 1.165) is 17.5 Å². The fourth-order valence-electron chi connectivity index (χ4n) is 2.89. The van der Waals surface area contributed by atoms with Crippen molar-refractivity contribution in [3.63, 3.8) is 0 Å². The molecule has 2 rings (SSSR count). The van der Waals surface area contributed by atoms with Crippen LogP contribution in [0.3, 0.4) is 0 Å². The number of nitrogens with zero attached hydrogens (tertiary/aromatic N) is 3. The average Bonchev–Trinajstić information content (AvgIpc) is 2.80. The summed E-state index contributed by atoms with van der Waals surface area (Å²) in [4.78, 5) is 16.4. The molecule has 0 spiro atoms. The van der Waals surface area contributed by atoms with Crippen LogP contribution in [0.2, 0.25) is 0 Å². The zero-order valence-corrected chi connectivity index (χ0v) is 18.9. The summed E-state index contributed by atoms with van der Waals surface area (Å²) in [5, 5.41) is 28.3. The number of aryl methyl sites for hydroxylation is 1. The molecule has 0 atom stereocenters. The Labute approximate surface area is 193 Å². The second-order valence-electron chi connectivity index (χ2n) is 7.91. The number of carbonyl (C=O) groups is 1. The van der Waals surface area contributed by atoms with Crippen molar-refractivity contribution in [2.75, 3.05) is 10.3 Å². The summed E-state index contributed by atoms with van der Waals surface area (Å²) < 4.78 is 0. The summed E-state index contributed by atoms with van der Waals surface area (Å²) in [5.41, 5.74) is 8.65. The van der Waals surface area contributed by atoms with E-state index in [9.17, 15) is 10.1 Å². The Morgan fingerprint density at radius 2 is 2.03 bits per heavy atom. The van der Waals surface area contributed by atoms with Crippen molar-refractivity contribution < 1.29 is 4.79 Å². The van der Waals surface area contributed by atoms with Gasteiger partial charge < -0.3 is 16.5 Å². The van der Waals surface area contributed by atoms with Crippen LogP contribution in [0, 0.1) is 29.1 Å². The Morgan fingerprint density at radius 3 is 2.70 bits per heavy atom. The number of carbonyl (C=O) groups excluding carboxylic acids is 1. The first-order valence-corrected chi connectivity index (χ1v) is 10.1. The molecule has 0 aliphatic carbocycles. The van der Waals surface area contributed by atoms with Crippen molar-refractivity contribution in [1.82, 2.24) is 0 Å². The van der Waals surface area contributed by atoms with E-state index in [0.29, 0.717) is 16.9 Å². The predicted molar refractivity (Wildman–Crippen MR) is 133 cm³/mol. The molecule has 0 aromatic heterocycles. The number of hydrazine groups is 1. The average molecular weight is 445 g/mol. The lowest BCUT2D eigenvalue weighted by Gasteiger charge is -2.19. The molecule has 2 aromatic carbocycles. The number of anilines is 2. The summed E-state index contributed by atoms with van der Waals surface area (Å²) in [5.74, 6) is 5.84. The van der Waals surface area contributed by atoms with E-state index < -0.39 is 5.41 Å². The maximum Gasteiger partial charge on any atom is 0.255 e. The number of aliphatic imine (C=N–C) groups is 1. The summed E-state index contributed by atoms with van der Waals surface area (Å²) in [6.07, 6.45) is 3.88. The van der Waals surface area contributed by atoms with Gasteiger partial charge in [-0.2, -0.15) is 5.26 Å². The van der Waals surface area contributed by atoms with Crippen LogP contribution >= 0.6 is 0 Å². The van der Waals surface area contributed by atoms with Gasteiger partial charge in [0.2, 0.25) is 0 Å². The smallest absolute Gasteiger partial charge is 0.255 e. The van der Waals surface area contributed by atoms with Crippen LogP contribution < -0.4 is 21.9 Å². The van der Waals surface area contributed by atoms with E-state index in [2.05, 4.69) is 16.4 Å². The fraction of sp³-hybridized carbons (Fsp3) is 0.208. The fourth-order valence-corrected chi connectivity index (χ4v) is 2.89. The number of nitrogens with one attached hydrogen (secondary N) is 3. The number of rotatable bonds is 9. The molecule has 0 saturated heterocycles. The van der Waals surface area contributed by atoms with Gasteiger partial charge >= 0.3 is 0 Å². The van der Waals surface area contributed by atoms with Crippen LogP contribution in [-0.4, -0.2) is 24.2 Å². The molecule has 0 aliphatic heterocycles. The van der Waals surface area contributed by atoms with Gasteiger partial charge in [-0.05, 0) is 56.2 Å². The Hall–Kier alpha value is -4.29. The predicted octanol–water partition coefficient (Wildman–Crippen LogP) is 3.62. The standard InChI is InChI=1S/C24H28N8O/c1-16-7-8-19(12-22(16)32(29)13-21(28)20(27)9-10-30-15-26)31-23(33)17-5-4-6-18(11-17)24(2,3)14-25/h4-8,10-13,15,26-27H,9,28-29H2,1-3H3,(H,31,33)/b21-13-,26-15?,27-20?,30-10?. The molecule has 0 unspecified atom stereocenters. The van der Waals surface area contributed by atoms with E-state index in [1.807, 2.05) is 19.1 Å². The van der Waals surface area contributed by atoms with Crippen LogP contribution in [-0.2, 0) is 5.41 Å². The largest absolute Gasteiger partial charge is 0.396 e. The number of hydrogen-bond donors (Lipinski definition) is 5. The van der Waals surface area contributed by atoms with Crippen molar-refractivity contribution in [2.45, 2.75) is 32.6 Å². The molecule has 0 aliphatic rings. The third-order valence-electron chi connectivity index (χ3n) is 4.97. The van der Waals surface area contributed by atoms with Gasteiger partial charge in [-0.3, -0.25) is 15.2 Å². The molecule has 0 bridgehead atoms. The van der Waals surface area contributed by atoms with Gasteiger partial charge in [0.05, 0.1) is 28.6 Å². The monoisotopic (exact) mass is 444 g/mol. The first-order valence-electron chi connectivity index (χ1n) is 10.1. The summed E-state index contributed by atoms with van der Waals surface area (Å²) in [6.45, 7) is 5.46. The van der Waals surface area contributed by atoms with Gasteiger partial charge in [-0.1, -0.05) is 18.2 Å². The Bertz CT molecular complexity index is 1160. The number of benzene rings is 2. The van der Waals surface area contributed by atoms with E-state index in [1.165, 1.54) is 17.4 Å². The highest BCUT2D eigenvalue weighted by Crippen LogP contribution is 2.25. The van der Waals surface area contributed by atoms with Crippen LogP contribution in [0.15, 0.2) is 59.4 Å². The highest BCUT2D eigenvalue weighted by atomic mass is 16.1. The zero-order chi connectivity index (χ0) is 24.6. The van der Waals surface area contributed by atoms with E-state index >= 15 is 0 Å². The quantitative estimate of drug-likeness (QED) is 0.172. The molecule has 7 N–H and O–H groups in total. The van der Waals surface area contributed by atoms with Gasteiger partial charge in [0, 0.05) is 30.1 Å². The van der Waals surface area contributed by atoms with Gasteiger partial charge in [-0.25, -0.2) is 10.8 Å². The number of allylic oxidation sites excluding steroid dienone is 1. The van der Waals surface area contributed by atoms with Crippen LogP contribution in [0.5, 0.6) is 0 Å². The molecule has 0 radical (unpaired) electrons. The molecule has 0 fully saturated rings. The van der Waals surface area contributed by atoms with Crippen molar-refractivity contribution >= 4 is 35.5 Å². The number of amides is 1. The van der Waals surface area contributed by atoms with Crippen molar-refractivity contribution in [3.05, 3.63) is 71.1 Å². The summed E-state index contributed by atoms with van der Waals surface area (Å²) in [7, 11) is 0. The van der Waals surface area contributed by atoms with E-state index in [-0.39, 0.29) is 23.7 Å². The zero-order valence-electron chi connectivity index (χ0n) is 18.9. The normalized spacial score (nSPS) is 11.7. The topological polar surface area (TPSA) is 168 Å². The van der Waals surface area contributed by atoms with Crippen molar-refractivity contribution in [2.24, 2.45) is 16.6 Å². The Kier molecular flexibility index (Phi) is 8.20. The minimum atomic E-state index is -0.710. The third kappa shape index (κ3) is 6.59. The van der Waals surface area contributed by atoms with Gasteiger partial charge in [0.25, 0.3) is 5.91 Å². The number of hydrogen-bond acceptors (Lipinski definition) is 7. The maximum absolute atomic E-state index is 12.8. The summed E-state index contributed by atoms with van der Waals surface area (Å²) in [6, 6.07) is 14.5. The Balaban J connectivity index is 2.22. The number of nitriles is 1. The van der Waals surface area contributed by atoms with Crippen LogP contribution in [0.1, 0.15) is 41.8 Å². The second kappa shape index (κ2) is 10.8. The van der Waals surface area contributed by atoms with Gasteiger partial charge in [0.15, 0.2) is 0 Å². The van der Waals surface area contributed by atoms with Gasteiger partial charge in [-0.15, -0.1) is 0 Å². The maximum atomic E-state index is 12.8. The lowest BCUT2D eigenvalue weighted by Crippen LogP contribution is -2.28. The Morgan fingerprint density at radius 1 is 1.30 bits per heavy atom. The molecule has 0 heterocycles. The first kappa shape index (κ1) is 25.0. The minimum absolute atomic E-state index is 0.110. The molecule has 0 saturated carbocycles. The lowest BCUT2D eigenvalue weighted by atomic mass is 9.85.